The van der Waals surface area contributed by atoms with E-state index in [1.54, 1.807) is 6.92 Å². The molecular formula is C23H28N2O4S. The molecule has 0 saturated carbocycles. The number of carbonyl (C=O) groups is 1. The third-order valence-corrected chi connectivity index (χ3v) is 8.24. The number of nitrogens with one attached hydrogen (secondary N) is 1. The first kappa shape index (κ1) is 20.9. The Bertz CT molecular complexity index is 999. The number of nitrogens with zero attached hydrogens (tertiary/aromatic N) is 1. The summed E-state index contributed by atoms with van der Waals surface area (Å²) in [6.45, 7) is 2.91. The van der Waals surface area contributed by atoms with Gasteiger partial charge in [0.25, 0.3) is 0 Å². The van der Waals surface area contributed by atoms with E-state index in [2.05, 4.69) is 5.32 Å². The van der Waals surface area contributed by atoms with Crippen LogP contribution in [0.4, 0.5) is 0 Å². The lowest BCUT2D eigenvalue weighted by Crippen LogP contribution is -2.53. The zero-order valence-corrected chi connectivity index (χ0v) is 18.0. The zero-order valence-electron chi connectivity index (χ0n) is 17.2. The Morgan fingerprint density at radius 1 is 1.10 bits per heavy atom. The minimum atomic E-state index is -3.26. The van der Waals surface area contributed by atoms with E-state index < -0.39 is 15.4 Å². The predicted octanol–water partition coefficient (Wildman–Crippen LogP) is 3.01. The van der Waals surface area contributed by atoms with Crippen molar-refractivity contribution >= 4 is 15.9 Å². The molecule has 160 valence electrons. The van der Waals surface area contributed by atoms with Crippen molar-refractivity contribution in [2.45, 2.75) is 37.6 Å². The van der Waals surface area contributed by atoms with Crippen molar-refractivity contribution in [3.8, 4) is 5.75 Å². The second kappa shape index (κ2) is 8.40. The molecule has 0 bridgehead atoms. The molecule has 2 aromatic rings. The molecule has 2 aromatic carbocycles. The fraction of sp³-hybridized carbons (Fsp3) is 0.435. The van der Waals surface area contributed by atoms with E-state index in [1.807, 2.05) is 54.6 Å². The fourth-order valence-corrected chi connectivity index (χ4v) is 5.63. The molecule has 0 radical (unpaired) electrons. The molecule has 2 aliphatic rings. The summed E-state index contributed by atoms with van der Waals surface area (Å²) in [5.41, 5.74) is 1.19. The van der Waals surface area contributed by atoms with Crippen molar-refractivity contribution in [2.75, 3.05) is 25.4 Å². The highest BCUT2D eigenvalue weighted by Crippen LogP contribution is 2.39. The van der Waals surface area contributed by atoms with E-state index in [9.17, 15) is 13.2 Å². The Kier molecular flexibility index (Phi) is 5.84. The summed E-state index contributed by atoms with van der Waals surface area (Å²) in [4.78, 5) is 13.7. The lowest BCUT2D eigenvalue weighted by Gasteiger charge is -2.41. The van der Waals surface area contributed by atoms with E-state index >= 15 is 0 Å². The summed E-state index contributed by atoms with van der Waals surface area (Å²) in [5.74, 6) is 0.853. The fourth-order valence-electron chi connectivity index (χ4n) is 4.52. The summed E-state index contributed by atoms with van der Waals surface area (Å²) in [7, 11) is -3.26. The number of piperidine rings is 1. The van der Waals surface area contributed by atoms with Gasteiger partial charge in [0.2, 0.25) is 15.9 Å². The van der Waals surface area contributed by atoms with E-state index in [-0.39, 0.29) is 17.7 Å². The molecule has 2 heterocycles. The van der Waals surface area contributed by atoms with Gasteiger partial charge in [0, 0.05) is 25.1 Å². The number of benzene rings is 2. The average molecular weight is 429 g/mol. The second-order valence-electron chi connectivity index (χ2n) is 7.95. The quantitative estimate of drug-likeness (QED) is 0.794. The Balaban J connectivity index is 1.61. The molecule has 7 heteroatoms. The maximum absolute atomic E-state index is 13.7. The minimum Gasteiger partial charge on any atom is -0.493 e. The largest absolute Gasteiger partial charge is 0.493 e. The van der Waals surface area contributed by atoms with E-state index in [0.29, 0.717) is 39.0 Å². The number of ether oxygens (including phenoxy) is 1. The maximum Gasteiger partial charge on any atom is 0.231 e. The van der Waals surface area contributed by atoms with E-state index in [0.717, 1.165) is 16.9 Å². The summed E-state index contributed by atoms with van der Waals surface area (Å²) >= 11 is 0. The van der Waals surface area contributed by atoms with Gasteiger partial charge in [0.05, 0.1) is 23.8 Å². The molecule has 1 unspecified atom stereocenters. The van der Waals surface area contributed by atoms with Gasteiger partial charge < -0.3 is 10.1 Å². The molecule has 1 atom stereocenters. The van der Waals surface area contributed by atoms with E-state index in [4.69, 9.17) is 4.74 Å². The molecule has 1 amide bonds. The first-order valence-corrected chi connectivity index (χ1v) is 12.1. The lowest BCUT2D eigenvalue weighted by molar-refractivity contribution is -0.129. The summed E-state index contributed by atoms with van der Waals surface area (Å²) in [5, 5.41) is 3.26. The SMILES string of the molecule is CCS(=O)(=O)N1CCC(C(=O)NC2CCOc3ccccc32)(c2ccccc2)CC1. The molecule has 6 nitrogen and oxygen atoms in total. The van der Waals surface area contributed by atoms with Crippen molar-refractivity contribution in [1.82, 2.24) is 9.62 Å². The summed E-state index contributed by atoms with van der Waals surface area (Å²) < 4.78 is 31.9. The van der Waals surface area contributed by atoms with Crippen LogP contribution in [0, 0.1) is 0 Å². The molecule has 0 aliphatic carbocycles. The van der Waals surface area contributed by atoms with Gasteiger partial charge in [0.15, 0.2) is 0 Å². The number of sulfonamides is 1. The van der Waals surface area contributed by atoms with Gasteiger partial charge >= 0.3 is 0 Å². The maximum atomic E-state index is 13.7. The monoisotopic (exact) mass is 428 g/mol. The second-order valence-corrected chi connectivity index (χ2v) is 10.2. The molecule has 2 aliphatic heterocycles. The average Bonchev–Trinajstić information content (AvgIpc) is 2.80. The Labute approximate surface area is 178 Å². The molecule has 30 heavy (non-hydrogen) atoms. The Morgan fingerprint density at radius 2 is 1.77 bits per heavy atom. The van der Waals surface area contributed by atoms with Crippen molar-refractivity contribution in [2.24, 2.45) is 0 Å². The Morgan fingerprint density at radius 3 is 2.47 bits per heavy atom. The molecule has 1 N–H and O–H groups in total. The lowest BCUT2D eigenvalue weighted by atomic mass is 9.72. The van der Waals surface area contributed by atoms with Crippen LogP contribution in [-0.2, 0) is 20.2 Å². The van der Waals surface area contributed by atoms with Gasteiger partial charge in [-0.25, -0.2) is 12.7 Å². The predicted molar refractivity (Wildman–Crippen MR) is 116 cm³/mol. The standard InChI is InChI=1S/C23H28N2O4S/c1-2-30(27,28)25-15-13-23(14-16-25,18-8-4-3-5-9-18)22(26)24-20-12-17-29-21-11-7-6-10-19(20)21/h3-11,20H,2,12-17H2,1H3,(H,24,26). The van der Waals surface area contributed by atoms with Crippen molar-refractivity contribution in [3.63, 3.8) is 0 Å². The smallest absolute Gasteiger partial charge is 0.231 e. The number of hydrogen-bond donors (Lipinski definition) is 1. The number of fused-ring (bicyclic) bond motifs is 1. The number of rotatable bonds is 5. The van der Waals surface area contributed by atoms with Gasteiger partial charge in [-0.2, -0.15) is 0 Å². The van der Waals surface area contributed by atoms with Gasteiger partial charge in [0.1, 0.15) is 5.75 Å². The normalized spacial score (nSPS) is 21.3. The molecular weight excluding hydrogens is 400 g/mol. The summed E-state index contributed by atoms with van der Waals surface area (Å²) in [6, 6.07) is 17.4. The van der Waals surface area contributed by atoms with Crippen LogP contribution in [0.5, 0.6) is 5.75 Å². The van der Waals surface area contributed by atoms with Crippen LogP contribution in [0.25, 0.3) is 0 Å². The van der Waals surface area contributed by atoms with Crippen LogP contribution >= 0.6 is 0 Å². The molecule has 0 spiro atoms. The Hall–Kier alpha value is -2.38. The first-order valence-electron chi connectivity index (χ1n) is 10.5. The third-order valence-electron chi connectivity index (χ3n) is 6.36. The zero-order chi connectivity index (χ0) is 21.2. The van der Waals surface area contributed by atoms with Crippen molar-refractivity contribution in [3.05, 3.63) is 65.7 Å². The van der Waals surface area contributed by atoms with Gasteiger partial charge in [-0.3, -0.25) is 4.79 Å². The van der Waals surface area contributed by atoms with E-state index in [1.165, 1.54) is 4.31 Å². The number of hydrogen-bond acceptors (Lipinski definition) is 4. The first-order chi connectivity index (χ1) is 14.5. The van der Waals surface area contributed by atoms with Crippen LogP contribution in [0.3, 0.4) is 0 Å². The van der Waals surface area contributed by atoms with Crippen LogP contribution in [0.15, 0.2) is 54.6 Å². The molecule has 1 fully saturated rings. The van der Waals surface area contributed by atoms with Gasteiger partial charge in [-0.05, 0) is 31.4 Å². The van der Waals surface area contributed by atoms with Crippen LogP contribution in [0.2, 0.25) is 0 Å². The third kappa shape index (κ3) is 3.84. The molecule has 4 rings (SSSR count). The highest BCUT2D eigenvalue weighted by atomic mass is 32.2. The molecule has 0 aromatic heterocycles. The van der Waals surface area contributed by atoms with Crippen molar-refractivity contribution < 1.29 is 17.9 Å². The number of para-hydroxylation sites is 1. The van der Waals surface area contributed by atoms with Crippen LogP contribution in [-0.4, -0.2) is 44.1 Å². The van der Waals surface area contributed by atoms with Crippen LogP contribution < -0.4 is 10.1 Å². The molecule has 1 saturated heterocycles. The minimum absolute atomic E-state index is 0.0380. The topological polar surface area (TPSA) is 75.7 Å². The van der Waals surface area contributed by atoms with Crippen LogP contribution in [0.1, 0.15) is 43.4 Å². The number of amides is 1. The van der Waals surface area contributed by atoms with Gasteiger partial charge in [-0.15, -0.1) is 0 Å². The highest BCUT2D eigenvalue weighted by Gasteiger charge is 2.45. The number of carbonyl (C=O) groups excluding carboxylic acids is 1. The van der Waals surface area contributed by atoms with Crippen molar-refractivity contribution in [1.29, 1.82) is 0 Å². The highest BCUT2D eigenvalue weighted by molar-refractivity contribution is 7.89. The van der Waals surface area contributed by atoms with Gasteiger partial charge in [-0.1, -0.05) is 48.5 Å². The summed E-state index contributed by atoms with van der Waals surface area (Å²) in [6.07, 6.45) is 1.64.